The van der Waals surface area contributed by atoms with E-state index in [4.69, 9.17) is 9.73 Å². The fraction of sp³-hybridized carbons (Fsp3) is 0.462. The van der Waals surface area contributed by atoms with Gasteiger partial charge in [0.25, 0.3) is 0 Å². The van der Waals surface area contributed by atoms with Crippen molar-refractivity contribution in [3.05, 3.63) is 35.9 Å². The van der Waals surface area contributed by atoms with Gasteiger partial charge in [-0.05, 0) is 26.3 Å². The van der Waals surface area contributed by atoms with Gasteiger partial charge in [-0.25, -0.2) is 0 Å². The second-order valence-electron chi connectivity index (χ2n) is 4.68. The summed E-state index contributed by atoms with van der Waals surface area (Å²) in [5.74, 6) is 0. The quantitative estimate of drug-likeness (QED) is 0.362. The number of nitrogens with zero attached hydrogens (tertiary/aromatic N) is 1. The van der Waals surface area contributed by atoms with Gasteiger partial charge in [-0.3, -0.25) is 4.57 Å². The average molecular weight is 285 g/mol. The molecule has 2 N–H and O–H groups in total. The first kappa shape index (κ1) is 15.9. The second kappa shape index (κ2) is 6.85. The van der Waals surface area contributed by atoms with E-state index < -0.39 is 13.3 Å². The van der Waals surface area contributed by atoms with E-state index in [-0.39, 0.29) is 12.5 Å². The molecule has 2 atom stereocenters. The number of benzene rings is 1. The Kier molecular flexibility index (Phi) is 5.73. The molecule has 0 aliphatic heterocycles. The van der Waals surface area contributed by atoms with E-state index in [1.54, 1.807) is 45.0 Å². The van der Waals surface area contributed by atoms with E-state index >= 15 is 0 Å². The molecular formula is C13H20NO4P. The number of oxime groups is 1. The molecule has 0 spiro atoms. The summed E-state index contributed by atoms with van der Waals surface area (Å²) in [5.41, 5.74) is 0.347. The van der Waals surface area contributed by atoms with Crippen LogP contribution in [0.2, 0.25) is 0 Å². The predicted octanol–water partition coefficient (Wildman–Crippen LogP) is 3.58. The third kappa shape index (κ3) is 4.78. The van der Waals surface area contributed by atoms with Crippen LogP contribution < -0.4 is 0 Å². The molecule has 1 aromatic carbocycles. The molecule has 19 heavy (non-hydrogen) atoms. The van der Waals surface area contributed by atoms with Crippen LogP contribution in [0, 0.1) is 0 Å². The average Bonchev–Trinajstić information content (AvgIpc) is 2.34. The zero-order chi connectivity index (χ0) is 14.5. The van der Waals surface area contributed by atoms with Crippen molar-refractivity contribution in [2.24, 2.45) is 5.16 Å². The van der Waals surface area contributed by atoms with E-state index in [9.17, 15) is 9.46 Å². The zero-order valence-electron chi connectivity index (χ0n) is 11.4. The molecule has 0 aromatic heterocycles. The van der Waals surface area contributed by atoms with Gasteiger partial charge < -0.3 is 14.6 Å². The summed E-state index contributed by atoms with van der Waals surface area (Å²) in [4.78, 5) is 10.1. The maximum Gasteiger partial charge on any atom is 0.336 e. The maximum absolute atomic E-state index is 12.4. The van der Waals surface area contributed by atoms with Gasteiger partial charge in [0, 0.05) is 6.42 Å². The highest BCUT2D eigenvalue weighted by Gasteiger charge is 2.35. The van der Waals surface area contributed by atoms with Crippen LogP contribution >= 0.6 is 7.60 Å². The van der Waals surface area contributed by atoms with E-state index in [0.717, 1.165) is 0 Å². The standard InChI is InChI=1S/C13H20NO4P/c1-10(2)18-19(16,17)13(9-11(3)14-15)12-7-5-4-6-8-12/h4-8,10,13,15H,9H2,1-3H3,(H,16,17). The van der Waals surface area contributed by atoms with Crippen molar-refractivity contribution in [1.82, 2.24) is 0 Å². The van der Waals surface area contributed by atoms with E-state index in [1.165, 1.54) is 0 Å². The van der Waals surface area contributed by atoms with Gasteiger partial charge in [0.1, 0.15) is 0 Å². The van der Waals surface area contributed by atoms with Gasteiger partial charge in [0.15, 0.2) is 0 Å². The molecule has 0 radical (unpaired) electrons. The van der Waals surface area contributed by atoms with Crippen LogP contribution in [0.25, 0.3) is 0 Å². The van der Waals surface area contributed by atoms with Gasteiger partial charge in [-0.2, -0.15) is 0 Å². The molecule has 0 bridgehead atoms. The van der Waals surface area contributed by atoms with Crippen LogP contribution in [0.3, 0.4) is 0 Å². The number of hydrogen-bond donors (Lipinski definition) is 2. The highest BCUT2D eigenvalue weighted by atomic mass is 31.2. The minimum Gasteiger partial charge on any atom is -0.411 e. The second-order valence-corrected chi connectivity index (χ2v) is 6.65. The highest BCUT2D eigenvalue weighted by Crippen LogP contribution is 2.59. The fourth-order valence-corrected chi connectivity index (χ4v) is 3.59. The Morgan fingerprint density at radius 3 is 2.42 bits per heavy atom. The summed E-state index contributed by atoms with van der Waals surface area (Å²) in [6.45, 7) is 5.02. The van der Waals surface area contributed by atoms with E-state index in [0.29, 0.717) is 11.3 Å². The zero-order valence-corrected chi connectivity index (χ0v) is 12.2. The molecule has 0 saturated heterocycles. The Labute approximate surface area is 113 Å². The van der Waals surface area contributed by atoms with Gasteiger partial charge in [0.2, 0.25) is 0 Å². The summed E-state index contributed by atoms with van der Waals surface area (Å²) in [7, 11) is -3.84. The van der Waals surface area contributed by atoms with Crippen LogP contribution in [0.15, 0.2) is 35.5 Å². The SMILES string of the molecule is CC(CC(c1ccccc1)P(=O)(O)OC(C)C)=NO. The molecule has 5 nitrogen and oxygen atoms in total. The molecular weight excluding hydrogens is 265 g/mol. The summed E-state index contributed by atoms with van der Waals surface area (Å²) in [6, 6.07) is 8.95. The lowest BCUT2D eigenvalue weighted by molar-refractivity contribution is 0.198. The molecule has 0 saturated carbocycles. The van der Waals surface area contributed by atoms with Crippen molar-refractivity contribution in [2.75, 3.05) is 0 Å². The van der Waals surface area contributed by atoms with Crippen molar-refractivity contribution in [1.29, 1.82) is 0 Å². The van der Waals surface area contributed by atoms with Crippen molar-refractivity contribution in [3.63, 3.8) is 0 Å². The van der Waals surface area contributed by atoms with Crippen LogP contribution in [0.5, 0.6) is 0 Å². The molecule has 6 heteroatoms. The van der Waals surface area contributed by atoms with Crippen molar-refractivity contribution in [2.45, 2.75) is 39.0 Å². The van der Waals surface area contributed by atoms with Crippen molar-refractivity contribution in [3.8, 4) is 0 Å². The first-order valence-electron chi connectivity index (χ1n) is 6.10. The lowest BCUT2D eigenvalue weighted by atomic mass is 10.1. The molecule has 106 valence electrons. The monoisotopic (exact) mass is 285 g/mol. The maximum atomic E-state index is 12.4. The number of rotatable bonds is 6. The van der Waals surface area contributed by atoms with Crippen molar-refractivity contribution < 1.29 is 19.2 Å². The van der Waals surface area contributed by atoms with Crippen LogP contribution in [-0.4, -0.2) is 21.9 Å². The molecule has 1 aromatic rings. The Morgan fingerprint density at radius 2 is 1.95 bits per heavy atom. The first-order chi connectivity index (χ1) is 8.86. The third-order valence-electron chi connectivity index (χ3n) is 2.60. The van der Waals surface area contributed by atoms with Crippen LogP contribution in [0.4, 0.5) is 0 Å². The van der Waals surface area contributed by atoms with Gasteiger partial charge in [-0.15, -0.1) is 0 Å². The molecule has 0 aliphatic rings. The van der Waals surface area contributed by atoms with Crippen molar-refractivity contribution >= 4 is 13.3 Å². The lowest BCUT2D eigenvalue weighted by Gasteiger charge is -2.24. The molecule has 0 fully saturated rings. The largest absolute Gasteiger partial charge is 0.411 e. The summed E-state index contributed by atoms with van der Waals surface area (Å²) >= 11 is 0. The smallest absolute Gasteiger partial charge is 0.336 e. The van der Waals surface area contributed by atoms with Crippen LogP contribution in [-0.2, 0) is 9.09 Å². The normalized spacial score (nSPS) is 17.2. The van der Waals surface area contributed by atoms with Gasteiger partial charge >= 0.3 is 7.60 Å². The predicted molar refractivity (Wildman–Crippen MR) is 74.7 cm³/mol. The molecule has 0 heterocycles. The van der Waals surface area contributed by atoms with Gasteiger partial charge in [-0.1, -0.05) is 35.5 Å². The first-order valence-corrected chi connectivity index (χ1v) is 7.75. The molecule has 0 aliphatic carbocycles. The topological polar surface area (TPSA) is 79.1 Å². The molecule has 1 rings (SSSR count). The van der Waals surface area contributed by atoms with E-state index in [2.05, 4.69) is 5.16 Å². The summed E-state index contributed by atoms with van der Waals surface area (Å²) in [5, 5.41) is 11.8. The lowest BCUT2D eigenvalue weighted by Crippen LogP contribution is -2.10. The third-order valence-corrected chi connectivity index (χ3v) is 4.59. The minimum absolute atomic E-state index is 0.168. The minimum atomic E-state index is -3.84. The Hall–Kier alpha value is -1.16. The molecule has 2 unspecified atom stereocenters. The van der Waals surface area contributed by atoms with Gasteiger partial charge in [0.05, 0.1) is 17.5 Å². The Bertz CT molecular complexity index is 473. The fourth-order valence-electron chi connectivity index (χ4n) is 1.79. The summed E-state index contributed by atoms with van der Waals surface area (Å²) < 4.78 is 17.5. The Balaban J connectivity index is 3.09. The Morgan fingerprint density at radius 1 is 1.37 bits per heavy atom. The number of hydrogen-bond acceptors (Lipinski definition) is 4. The molecule has 0 amide bonds. The highest BCUT2D eigenvalue weighted by molar-refractivity contribution is 7.53. The van der Waals surface area contributed by atoms with E-state index in [1.807, 2.05) is 6.07 Å². The summed E-state index contributed by atoms with van der Waals surface area (Å²) in [6.07, 6.45) is -0.186. The van der Waals surface area contributed by atoms with Crippen LogP contribution in [0.1, 0.15) is 38.4 Å².